The van der Waals surface area contributed by atoms with E-state index in [2.05, 4.69) is 9.97 Å². The summed E-state index contributed by atoms with van der Waals surface area (Å²) in [5, 5.41) is 8.75. The molecule has 62 valence electrons. The highest BCUT2D eigenvalue weighted by atomic mass is 32.1. The largest absolute Gasteiger partial charge is 0.396 e. The molecule has 0 fully saturated rings. The van der Waals surface area contributed by atoms with Gasteiger partial charge in [-0.25, -0.2) is 0 Å². The molecule has 11 heavy (non-hydrogen) atoms. The molecule has 0 aromatic carbocycles. The first-order valence-electron chi connectivity index (χ1n) is 3.60. The van der Waals surface area contributed by atoms with Crippen molar-refractivity contribution >= 4 is 12.2 Å². The number of imidazole rings is 1. The van der Waals surface area contributed by atoms with E-state index in [0.717, 1.165) is 12.1 Å². The lowest BCUT2D eigenvalue weighted by Gasteiger charge is -2.03. The predicted octanol–water partition coefficient (Wildman–Crippen LogP) is 1.24. The van der Waals surface area contributed by atoms with Gasteiger partial charge in [0.25, 0.3) is 0 Å². The van der Waals surface area contributed by atoms with Crippen LogP contribution >= 0.6 is 12.2 Å². The van der Waals surface area contributed by atoms with E-state index in [-0.39, 0.29) is 12.5 Å². The summed E-state index contributed by atoms with van der Waals surface area (Å²) in [6, 6.07) is 0. The van der Waals surface area contributed by atoms with Crippen molar-refractivity contribution in [3.05, 3.63) is 16.7 Å². The number of nitrogens with one attached hydrogen (secondary N) is 2. The molecule has 1 rings (SSSR count). The minimum atomic E-state index is 0.214. The third kappa shape index (κ3) is 2.48. The van der Waals surface area contributed by atoms with Crippen molar-refractivity contribution in [2.75, 3.05) is 6.61 Å². The van der Waals surface area contributed by atoms with Crippen LogP contribution in [0.15, 0.2) is 6.20 Å². The summed E-state index contributed by atoms with van der Waals surface area (Å²) in [5.41, 5.74) is 1.05. The second kappa shape index (κ2) is 3.69. The van der Waals surface area contributed by atoms with Crippen molar-refractivity contribution in [3.63, 3.8) is 0 Å². The van der Waals surface area contributed by atoms with Gasteiger partial charge in [-0.1, -0.05) is 6.92 Å². The van der Waals surface area contributed by atoms with E-state index in [4.69, 9.17) is 17.3 Å². The van der Waals surface area contributed by atoms with Gasteiger partial charge in [0.2, 0.25) is 0 Å². The third-order valence-electron chi connectivity index (χ3n) is 1.53. The van der Waals surface area contributed by atoms with Gasteiger partial charge in [0.05, 0.1) is 0 Å². The minimum absolute atomic E-state index is 0.214. The summed E-state index contributed by atoms with van der Waals surface area (Å²) in [7, 11) is 0. The van der Waals surface area contributed by atoms with Crippen LogP contribution in [0.1, 0.15) is 12.6 Å². The van der Waals surface area contributed by atoms with Crippen LogP contribution in [-0.2, 0) is 6.42 Å². The van der Waals surface area contributed by atoms with Crippen molar-refractivity contribution < 1.29 is 5.11 Å². The number of aromatic nitrogens is 2. The zero-order valence-corrected chi connectivity index (χ0v) is 7.24. The fraction of sp³-hybridized carbons (Fsp3) is 0.571. The fourth-order valence-corrected chi connectivity index (χ4v) is 1.11. The summed E-state index contributed by atoms with van der Waals surface area (Å²) >= 11 is 4.85. The number of H-pyrrole nitrogens is 2. The maximum absolute atomic E-state index is 8.75. The van der Waals surface area contributed by atoms with E-state index in [0.29, 0.717) is 4.77 Å². The zero-order chi connectivity index (χ0) is 8.27. The Labute approximate surface area is 70.5 Å². The number of hydrogen-bond acceptors (Lipinski definition) is 2. The highest BCUT2D eigenvalue weighted by Gasteiger charge is 2.01. The molecular weight excluding hydrogens is 160 g/mol. The Morgan fingerprint density at radius 2 is 2.45 bits per heavy atom. The monoisotopic (exact) mass is 172 g/mol. The van der Waals surface area contributed by atoms with E-state index in [9.17, 15) is 0 Å². The normalized spacial score (nSPS) is 13.3. The Hall–Kier alpha value is -0.610. The van der Waals surface area contributed by atoms with Gasteiger partial charge < -0.3 is 15.1 Å². The Morgan fingerprint density at radius 3 is 2.91 bits per heavy atom. The van der Waals surface area contributed by atoms with E-state index < -0.39 is 0 Å². The summed E-state index contributed by atoms with van der Waals surface area (Å²) in [6.45, 7) is 2.20. The van der Waals surface area contributed by atoms with Crippen LogP contribution in [0.2, 0.25) is 0 Å². The van der Waals surface area contributed by atoms with E-state index in [1.807, 2.05) is 13.1 Å². The predicted molar refractivity (Wildman–Crippen MR) is 45.9 cm³/mol. The average molecular weight is 172 g/mol. The van der Waals surface area contributed by atoms with Crippen molar-refractivity contribution in [2.45, 2.75) is 13.3 Å². The van der Waals surface area contributed by atoms with Gasteiger partial charge in [-0.3, -0.25) is 0 Å². The molecule has 4 heteroatoms. The molecule has 3 nitrogen and oxygen atoms in total. The lowest BCUT2D eigenvalue weighted by Crippen LogP contribution is -2.04. The van der Waals surface area contributed by atoms with Crippen molar-refractivity contribution in [3.8, 4) is 0 Å². The molecule has 1 atom stereocenters. The molecule has 0 spiro atoms. The molecule has 0 aliphatic carbocycles. The van der Waals surface area contributed by atoms with Crippen LogP contribution in [0.4, 0.5) is 0 Å². The first-order chi connectivity index (χ1) is 5.22. The standard InChI is InChI=1S/C7H12N2OS/c1-5(4-10)2-6-3-8-7(11)9-6/h3,5,10H,2,4H2,1H3,(H2,8,9,11)/t5-/m1/s1. The van der Waals surface area contributed by atoms with Crippen LogP contribution in [0, 0.1) is 10.7 Å². The molecule has 0 saturated carbocycles. The molecular formula is C7H12N2OS. The van der Waals surface area contributed by atoms with Gasteiger partial charge in [-0.2, -0.15) is 0 Å². The summed E-state index contributed by atoms with van der Waals surface area (Å²) in [6.07, 6.45) is 2.68. The molecule has 0 unspecified atom stereocenters. The Morgan fingerprint density at radius 1 is 1.73 bits per heavy atom. The molecule has 0 bridgehead atoms. The van der Waals surface area contributed by atoms with E-state index >= 15 is 0 Å². The SMILES string of the molecule is C[C@@H](CO)Cc1c[nH]c(=S)[nH]1. The van der Waals surface area contributed by atoms with Gasteiger partial charge in [0.1, 0.15) is 0 Å². The van der Waals surface area contributed by atoms with Crippen molar-refractivity contribution in [2.24, 2.45) is 5.92 Å². The maximum atomic E-state index is 8.75. The first kappa shape index (κ1) is 8.49. The van der Waals surface area contributed by atoms with Crippen LogP contribution < -0.4 is 0 Å². The Bertz CT molecular complexity index is 265. The molecule has 3 N–H and O–H groups in total. The van der Waals surface area contributed by atoms with Crippen LogP contribution in [0.25, 0.3) is 0 Å². The fourth-order valence-electron chi connectivity index (χ4n) is 0.921. The molecule has 0 saturated heterocycles. The van der Waals surface area contributed by atoms with Gasteiger partial charge in [-0.05, 0) is 24.6 Å². The van der Waals surface area contributed by atoms with Crippen LogP contribution in [0.5, 0.6) is 0 Å². The van der Waals surface area contributed by atoms with Crippen LogP contribution in [0.3, 0.4) is 0 Å². The molecule has 0 aliphatic heterocycles. The third-order valence-corrected chi connectivity index (χ3v) is 1.75. The second-order valence-electron chi connectivity index (χ2n) is 2.76. The summed E-state index contributed by atoms with van der Waals surface area (Å²) < 4.78 is 0.644. The molecule has 1 aromatic rings. The van der Waals surface area contributed by atoms with Gasteiger partial charge in [0, 0.05) is 18.5 Å². The topological polar surface area (TPSA) is 51.8 Å². The van der Waals surface area contributed by atoms with Gasteiger partial charge >= 0.3 is 0 Å². The molecule has 1 aromatic heterocycles. The maximum Gasteiger partial charge on any atom is 0.174 e. The van der Waals surface area contributed by atoms with Gasteiger partial charge in [0.15, 0.2) is 4.77 Å². The van der Waals surface area contributed by atoms with Crippen molar-refractivity contribution in [1.29, 1.82) is 0 Å². The van der Waals surface area contributed by atoms with E-state index in [1.54, 1.807) is 0 Å². The average Bonchev–Trinajstić information content (AvgIpc) is 2.35. The zero-order valence-electron chi connectivity index (χ0n) is 6.42. The second-order valence-corrected chi connectivity index (χ2v) is 3.17. The highest BCUT2D eigenvalue weighted by Crippen LogP contribution is 2.03. The molecule has 0 radical (unpaired) electrons. The van der Waals surface area contributed by atoms with Crippen LogP contribution in [-0.4, -0.2) is 21.7 Å². The Kier molecular flexibility index (Phi) is 2.84. The number of hydrogen-bond donors (Lipinski definition) is 3. The minimum Gasteiger partial charge on any atom is -0.396 e. The number of aliphatic hydroxyl groups is 1. The highest BCUT2D eigenvalue weighted by molar-refractivity contribution is 7.71. The Balaban J connectivity index is 2.57. The summed E-state index contributed by atoms with van der Waals surface area (Å²) in [4.78, 5) is 5.87. The van der Waals surface area contributed by atoms with Crippen molar-refractivity contribution in [1.82, 2.24) is 9.97 Å². The van der Waals surface area contributed by atoms with E-state index in [1.165, 1.54) is 0 Å². The summed E-state index contributed by atoms with van der Waals surface area (Å²) in [5.74, 6) is 0.288. The smallest absolute Gasteiger partial charge is 0.174 e. The molecule has 0 aliphatic rings. The number of aliphatic hydroxyl groups excluding tert-OH is 1. The molecule has 1 heterocycles. The molecule has 0 amide bonds. The number of rotatable bonds is 3. The van der Waals surface area contributed by atoms with Gasteiger partial charge in [-0.15, -0.1) is 0 Å². The lowest BCUT2D eigenvalue weighted by atomic mass is 10.1. The number of aromatic amines is 2. The quantitative estimate of drug-likeness (QED) is 0.601. The first-order valence-corrected chi connectivity index (χ1v) is 4.00. The lowest BCUT2D eigenvalue weighted by molar-refractivity contribution is 0.236.